The predicted molar refractivity (Wildman–Crippen MR) is 50.3 cm³/mol. The van der Waals surface area contributed by atoms with Crippen molar-refractivity contribution >= 4 is 17.3 Å². The van der Waals surface area contributed by atoms with Crippen LogP contribution in [-0.4, -0.2) is 31.1 Å². The van der Waals surface area contributed by atoms with Crippen LogP contribution in [0, 0.1) is 0 Å². The van der Waals surface area contributed by atoms with Gasteiger partial charge in [-0.05, 0) is 0 Å². The van der Waals surface area contributed by atoms with Gasteiger partial charge in [0, 0.05) is 21.1 Å². The summed E-state index contributed by atoms with van der Waals surface area (Å²) in [6.07, 6.45) is 1.48. The third kappa shape index (κ3) is 1.39. The molecule has 0 atom stereocenters. The maximum Gasteiger partial charge on any atom is 0.156 e. The van der Waals surface area contributed by atoms with Crippen LogP contribution in [0.5, 0.6) is 0 Å². The van der Waals surface area contributed by atoms with Gasteiger partial charge in [-0.25, -0.2) is 9.97 Å². The van der Waals surface area contributed by atoms with Gasteiger partial charge in [0.25, 0.3) is 0 Å². The van der Waals surface area contributed by atoms with Crippen molar-refractivity contribution in [3.63, 3.8) is 0 Å². The van der Waals surface area contributed by atoms with Crippen LogP contribution >= 0.6 is 0 Å². The molecule has 0 aromatic carbocycles. The molecule has 3 N–H and O–H groups in total. The van der Waals surface area contributed by atoms with Crippen molar-refractivity contribution in [3.05, 3.63) is 6.33 Å². The van der Waals surface area contributed by atoms with E-state index in [2.05, 4.69) is 15.3 Å². The lowest BCUT2D eigenvalue weighted by atomic mass is 10.4. The Labute approximate surface area is 71.6 Å². The summed E-state index contributed by atoms with van der Waals surface area (Å²) >= 11 is 0. The summed E-state index contributed by atoms with van der Waals surface area (Å²) in [5.74, 6) is 1.39. The number of nitrogen functional groups attached to an aromatic ring is 1. The van der Waals surface area contributed by atoms with E-state index >= 15 is 0 Å². The van der Waals surface area contributed by atoms with Crippen molar-refractivity contribution in [3.8, 4) is 0 Å². The molecule has 1 rings (SSSR count). The first-order valence-corrected chi connectivity index (χ1v) is 3.62. The molecule has 0 aliphatic carbocycles. The normalized spacial score (nSPS) is 9.58. The minimum Gasteiger partial charge on any atom is -0.393 e. The van der Waals surface area contributed by atoms with Crippen LogP contribution in [0.2, 0.25) is 0 Å². The molecule has 0 saturated heterocycles. The van der Waals surface area contributed by atoms with E-state index in [0.717, 1.165) is 5.82 Å². The molecule has 0 aliphatic heterocycles. The average Bonchev–Trinajstić information content (AvgIpc) is 2.04. The maximum absolute atomic E-state index is 5.77. The number of anilines is 3. The van der Waals surface area contributed by atoms with Gasteiger partial charge in [-0.3, -0.25) is 0 Å². The van der Waals surface area contributed by atoms with Crippen LogP contribution in [0.25, 0.3) is 0 Å². The van der Waals surface area contributed by atoms with Gasteiger partial charge in [-0.2, -0.15) is 0 Å². The van der Waals surface area contributed by atoms with Gasteiger partial charge >= 0.3 is 0 Å². The number of nitrogens with zero attached hydrogens (tertiary/aromatic N) is 3. The molecule has 0 amide bonds. The van der Waals surface area contributed by atoms with Gasteiger partial charge < -0.3 is 16.0 Å². The molecule has 5 heteroatoms. The lowest BCUT2D eigenvalue weighted by Crippen LogP contribution is -2.14. The lowest BCUT2D eigenvalue weighted by molar-refractivity contribution is 1.04. The highest BCUT2D eigenvalue weighted by molar-refractivity contribution is 5.74. The Kier molecular flexibility index (Phi) is 2.32. The minimum absolute atomic E-state index is 0.574. The molecular weight excluding hydrogens is 154 g/mol. The Morgan fingerprint density at radius 1 is 1.42 bits per heavy atom. The van der Waals surface area contributed by atoms with Crippen LogP contribution in [0.1, 0.15) is 0 Å². The fraction of sp³-hybridized carbons (Fsp3) is 0.429. The fourth-order valence-corrected chi connectivity index (χ4v) is 0.942. The zero-order chi connectivity index (χ0) is 9.14. The number of hydrogen-bond acceptors (Lipinski definition) is 5. The van der Waals surface area contributed by atoms with E-state index in [0.29, 0.717) is 11.5 Å². The number of hydrogen-bond donors (Lipinski definition) is 2. The summed E-state index contributed by atoms with van der Waals surface area (Å²) in [6, 6.07) is 0. The summed E-state index contributed by atoms with van der Waals surface area (Å²) in [4.78, 5) is 9.85. The predicted octanol–water partition coefficient (Wildman–Crippen LogP) is 0.166. The number of nitrogens with one attached hydrogen (secondary N) is 1. The van der Waals surface area contributed by atoms with Gasteiger partial charge in [0.1, 0.15) is 12.0 Å². The topological polar surface area (TPSA) is 67.1 Å². The third-order valence-electron chi connectivity index (χ3n) is 1.52. The SMILES string of the molecule is CNc1ncnc(N(C)C)c1N. The monoisotopic (exact) mass is 167 g/mol. The standard InChI is InChI=1S/C7H13N5/c1-9-6-5(8)7(12(2)3)11-4-10-6/h4H,8H2,1-3H3,(H,9,10,11). The van der Waals surface area contributed by atoms with Gasteiger partial charge in [-0.15, -0.1) is 0 Å². The molecule has 66 valence electrons. The second-order valence-corrected chi connectivity index (χ2v) is 2.60. The molecule has 0 spiro atoms. The second-order valence-electron chi connectivity index (χ2n) is 2.60. The molecule has 1 heterocycles. The maximum atomic E-state index is 5.77. The largest absolute Gasteiger partial charge is 0.393 e. The minimum atomic E-state index is 0.574. The van der Waals surface area contributed by atoms with E-state index in [4.69, 9.17) is 5.73 Å². The van der Waals surface area contributed by atoms with Gasteiger partial charge in [-0.1, -0.05) is 0 Å². The zero-order valence-corrected chi connectivity index (χ0v) is 7.50. The highest BCUT2D eigenvalue weighted by Crippen LogP contribution is 2.23. The van der Waals surface area contributed by atoms with Crippen molar-refractivity contribution in [1.29, 1.82) is 0 Å². The summed E-state index contributed by atoms with van der Waals surface area (Å²) in [6.45, 7) is 0. The van der Waals surface area contributed by atoms with Crippen LogP contribution in [0.4, 0.5) is 17.3 Å². The molecule has 12 heavy (non-hydrogen) atoms. The number of aromatic nitrogens is 2. The Balaban J connectivity index is 3.14. The van der Waals surface area contributed by atoms with Crippen molar-refractivity contribution in [2.75, 3.05) is 37.1 Å². The zero-order valence-electron chi connectivity index (χ0n) is 7.50. The van der Waals surface area contributed by atoms with Gasteiger partial charge in [0.05, 0.1) is 0 Å². The molecule has 0 saturated carbocycles. The van der Waals surface area contributed by atoms with E-state index in [1.807, 2.05) is 19.0 Å². The van der Waals surface area contributed by atoms with E-state index in [-0.39, 0.29) is 0 Å². The quantitative estimate of drug-likeness (QED) is 0.657. The molecular formula is C7H13N5. The number of nitrogens with two attached hydrogens (primary N) is 1. The Bertz CT molecular complexity index is 270. The number of rotatable bonds is 2. The van der Waals surface area contributed by atoms with E-state index in [1.165, 1.54) is 6.33 Å². The second kappa shape index (κ2) is 3.25. The molecule has 0 fully saturated rings. The average molecular weight is 167 g/mol. The first-order valence-electron chi connectivity index (χ1n) is 3.62. The third-order valence-corrected chi connectivity index (χ3v) is 1.52. The lowest BCUT2D eigenvalue weighted by Gasteiger charge is -2.14. The Morgan fingerprint density at radius 2 is 2.08 bits per heavy atom. The van der Waals surface area contributed by atoms with Crippen LogP contribution in [-0.2, 0) is 0 Å². The van der Waals surface area contributed by atoms with Crippen LogP contribution < -0.4 is 16.0 Å². The molecule has 5 nitrogen and oxygen atoms in total. The van der Waals surface area contributed by atoms with Crippen molar-refractivity contribution < 1.29 is 0 Å². The highest BCUT2D eigenvalue weighted by atomic mass is 15.2. The summed E-state index contributed by atoms with van der Waals surface area (Å²) in [7, 11) is 5.55. The van der Waals surface area contributed by atoms with E-state index in [9.17, 15) is 0 Å². The fourth-order valence-electron chi connectivity index (χ4n) is 0.942. The smallest absolute Gasteiger partial charge is 0.156 e. The summed E-state index contributed by atoms with van der Waals surface area (Å²) < 4.78 is 0. The molecule has 1 aromatic rings. The molecule has 0 radical (unpaired) electrons. The molecule has 1 aromatic heterocycles. The van der Waals surface area contributed by atoms with E-state index in [1.54, 1.807) is 7.05 Å². The Hall–Kier alpha value is -1.52. The Morgan fingerprint density at radius 3 is 2.58 bits per heavy atom. The van der Waals surface area contributed by atoms with Crippen molar-refractivity contribution in [1.82, 2.24) is 9.97 Å². The van der Waals surface area contributed by atoms with Gasteiger partial charge in [0.15, 0.2) is 11.6 Å². The summed E-state index contributed by atoms with van der Waals surface area (Å²) in [5, 5.41) is 2.89. The first-order chi connectivity index (χ1) is 5.66. The van der Waals surface area contributed by atoms with E-state index < -0.39 is 0 Å². The van der Waals surface area contributed by atoms with Gasteiger partial charge in [0.2, 0.25) is 0 Å². The van der Waals surface area contributed by atoms with Crippen molar-refractivity contribution in [2.24, 2.45) is 0 Å². The molecule has 0 aliphatic rings. The summed E-state index contributed by atoms with van der Waals surface area (Å²) in [5.41, 5.74) is 6.34. The highest BCUT2D eigenvalue weighted by Gasteiger charge is 2.06. The van der Waals surface area contributed by atoms with Crippen LogP contribution in [0.15, 0.2) is 6.33 Å². The molecule has 0 unspecified atom stereocenters. The molecule has 0 bridgehead atoms. The first kappa shape index (κ1) is 8.58. The van der Waals surface area contributed by atoms with Crippen LogP contribution in [0.3, 0.4) is 0 Å². The van der Waals surface area contributed by atoms with Crippen molar-refractivity contribution in [2.45, 2.75) is 0 Å².